The van der Waals surface area contributed by atoms with Gasteiger partial charge in [-0.15, -0.1) is 11.3 Å². The zero-order chi connectivity index (χ0) is 16.2. The van der Waals surface area contributed by atoms with Crippen LogP contribution in [0, 0.1) is 5.82 Å². The maximum atomic E-state index is 13.2. The Labute approximate surface area is 133 Å². The summed E-state index contributed by atoms with van der Waals surface area (Å²) in [4.78, 5) is 17.3. The average molecular weight is 322 g/mol. The summed E-state index contributed by atoms with van der Waals surface area (Å²) >= 11 is 1.38. The maximum absolute atomic E-state index is 13.2. The maximum Gasteiger partial charge on any atom is 0.257 e. The Morgan fingerprint density at radius 2 is 2.23 bits per heavy atom. The largest absolute Gasteiger partial charge is 0.366 e. The van der Waals surface area contributed by atoms with Crippen LogP contribution in [0.15, 0.2) is 30.5 Å². The lowest BCUT2D eigenvalue weighted by Crippen LogP contribution is -2.39. The fourth-order valence-electron chi connectivity index (χ4n) is 1.97. The highest BCUT2D eigenvalue weighted by molar-refractivity contribution is 7.15. The van der Waals surface area contributed by atoms with Gasteiger partial charge in [0.15, 0.2) is 5.13 Å². The van der Waals surface area contributed by atoms with E-state index in [1.165, 1.54) is 23.5 Å². The second-order valence-electron chi connectivity index (χ2n) is 5.34. The first kappa shape index (κ1) is 16.6. The second kappa shape index (κ2) is 6.98. The van der Waals surface area contributed by atoms with Gasteiger partial charge in [0.1, 0.15) is 11.4 Å². The highest BCUT2D eigenvalue weighted by Crippen LogP contribution is 2.23. The van der Waals surface area contributed by atoms with Gasteiger partial charge in [-0.05, 0) is 38.5 Å². The predicted molar refractivity (Wildman–Crippen MR) is 85.7 cm³/mol. The number of nitrogens with one attached hydrogen (secondary N) is 1. The molecule has 4 nitrogen and oxygen atoms in total. The number of benzene rings is 1. The third-order valence-corrected chi connectivity index (χ3v) is 4.01. The number of aromatic nitrogens is 1. The van der Waals surface area contributed by atoms with Crippen molar-refractivity contribution in [1.82, 2.24) is 4.98 Å². The third-order valence-electron chi connectivity index (χ3n) is 3.09. The molecule has 0 atom stereocenters. The van der Waals surface area contributed by atoms with E-state index in [-0.39, 0.29) is 11.7 Å². The van der Waals surface area contributed by atoms with Crippen molar-refractivity contribution in [2.24, 2.45) is 0 Å². The SMILES string of the molecule is CCOC(C)(C)C(=O)Nc1ncc(Cc2cccc(F)c2)s1. The van der Waals surface area contributed by atoms with Gasteiger partial charge >= 0.3 is 0 Å². The van der Waals surface area contributed by atoms with E-state index in [0.29, 0.717) is 18.2 Å². The first-order valence-electron chi connectivity index (χ1n) is 7.05. The van der Waals surface area contributed by atoms with Crippen LogP contribution in [0.2, 0.25) is 0 Å². The normalized spacial score (nSPS) is 11.5. The van der Waals surface area contributed by atoms with Crippen LogP contribution >= 0.6 is 11.3 Å². The molecule has 1 aromatic heterocycles. The van der Waals surface area contributed by atoms with Crippen LogP contribution in [0.25, 0.3) is 0 Å². The van der Waals surface area contributed by atoms with Crippen molar-refractivity contribution < 1.29 is 13.9 Å². The summed E-state index contributed by atoms with van der Waals surface area (Å²) in [7, 11) is 0. The van der Waals surface area contributed by atoms with E-state index in [9.17, 15) is 9.18 Å². The summed E-state index contributed by atoms with van der Waals surface area (Å²) in [6.45, 7) is 5.73. The van der Waals surface area contributed by atoms with Gasteiger partial charge in [-0.2, -0.15) is 0 Å². The molecule has 2 aromatic rings. The van der Waals surface area contributed by atoms with Gasteiger partial charge in [0.05, 0.1) is 0 Å². The molecule has 118 valence electrons. The molecule has 0 aliphatic rings. The number of carbonyl (C=O) groups excluding carboxylic acids is 1. The van der Waals surface area contributed by atoms with Gasteiger partial charge in [-0.1, -0.05) is 12.1 Å². The molecule has 2 rings (SSSR count). The molecule has 0 aliphatic heterocycles. The molecule has 0 fully saturated rings. The first-order valence-corrected chi connectivity index (χ1v) is 7.87. The summed E-state index contributed by atoms with van der Waals surface area (Å²) in [6, 6.07) is 6.45. The molecular weight excluding hydrogens is 303 g/mol. The molecule has 1 heterocycles. The number of amides is 1. The lowest BCUT2D eigenvalue weighted by atomic mass is 10.1. The zero-order valence-electron chi connectivity index (χ0n) is 12.9. The summed E-state index contributed by atoms with van der Waals surface area (Å²) in [6.07, 6.45) is 2.28. The molecule has 0 saturated heterocycles. The Hall–Kier alpha value is -1.79. The van der Waals surface area contributed by atoms with Crippen molar-refractivity contribution in [3.63, 3.8) is 0 Å². The molecule has 22 heavy (non-hydrogen) atoms. The Morgan fingerprint density at radius 1 is 1.45 bits per heavy atom. The van der Waals surface area contributed by atoms with Crippen LogP contribution in [0.4, 0.5) is 9.52 Å². The molecule has 1 N–H and O–H groups in total. The van der Waals surface area contributed by atoms with Crippen molar-refractivity contribution in [3.8, 4) is 0 Å². The van der Waals surface area contributed by atoms with Gasteiger partial charge in [0.2, 0.25) is 0 Å². The monoisotopic (exact) mass is 322 g/mol. The Balaban J connectivity index is 2.01. The fraction of sp³-hybridized carbons (Fsp3) is 0.375. The first-order chi connectivity index (χ1) is 10.4. The quantitative estimate of drug-likeness (QED) is 0.883. The van der Waals surface area contributed by atoms with E-state index in [1.54, 1.807) is 26.1 Å². The van der Waals surface area contributed by atoms with Crippen molar-refractivity contribution in [2.75, 3.05) is 11.9 Å². The number of ether oxygens (including phenoxy) is 1. The van der Waals surface area contributed by atoms with E-state index in [4.69, 9.17) is 4.74 Å². The second-order valence-corrected chi connectivity index (χ2v) is 6.45. The molecule has 0 unspecified atom stereocenters. The number of halogens is 1. The average Bonchev–Trinajstić information content (AvgIpc) is 2.86. The minimum Gasteiger partial charge on any atom is -0.366 e. The molecule has 0 saturated carbocycles. The van der Waals surface area contributed by atoms with E-state index >= 15 is 0 Å². The molecule has 0 bridgehead atoms. The Morgan fingerprint density at radius 3 is 2.91 bits per heavy atom. The van der Waals surface area contributed by atoms with Crippen LogP contribution < -0.4 is 5.32 Å². The van der Waals surface area contributed by atoms with Crippen LogP contribution in [0.3, 0.4) is 0 Å². The van der Waals surface area contributed by atoms with Crippen molar-refractivity contribution >= 4 is 22.4 Å². The minimum absolute atomic E-state index is 0.235. The van der Waals surface area contributed by atoms with Gasteiger partial charge in [0, 0.05) is 24.1 Å². The number of thiazole rings is 1. The van der Waals surface area contributed by atoms with Crippen LogP contribution in [-0.2, 0) is 16.0 Å². The van der Waals surface area contributed by atoms with Gasteiger partial charge < -0.3 is 4.74 Å². The molecule has 1 amide bonds. The third kappa shape index (κ3) is 4.35. The standard InChI is InChI=1S/C16H19FN2O2S/c1-4-21-16(2,3)14(20)19-15-18-10-13(22-15)9-11-6-5-7-12(17)8-11/h5-8,10H,4,9H2,1-3H3,(H,18,19,20). The highest BCUT2D eigenvalue weighted by Gasteiger charge is 2.28. The topological polar surface area (TPSA) is 51.2 Å². The van der Waals surface area contributed by atoms with E-state index in [2.05, 4.69) is 10.3 Å². The number of nitrogens with zero attached hydrogens (tertiary/aromatic N) is 1. The van der Waals surface area contributed by atoms with Crippen molar-refractivity contribution in [3.05, 3.63) is 46.7 Å². The van der Waals surface area contributed by atoms with E-state index < -0.39 is 5.60 Å². The van der Waals surface area contributed by atoms with Crippen molar-refractivity contribution in [2.45, 2.75) is 32.8 Å². The van der Waals surface area contributed by atoms with E-state index in [0.717, 1.165) is 10.4 Å². The molecule has 6 heteroatoms. The molecule has 0 radical (unpaired) electrons. The molecule has 0 spiro atoms. The summed E-state index contributed by atoms with van der Waals surface area (Å²) in [5.74, 6) is -0.491. The summed E-state index contributed by atoms with van der Waals surface area (Å²) < 4.78 is 18.6. The van der Waals surface area contributed by atoms with E-state index in [1.807, 2.05) is 13.0 Å². The summed E-state index contributed by atoms with van der Waals surface area (Å²) in [5, 5.41) is 3.27. The smallest absolute Gasteiger partial charge is 0.257 e. The highest BCUT2D eigenvalue weighted by atomic mass is 32.1. The number of rotatable bonds is 6. The summed E-state index contributed by atoms with van der Waals surface area (Å²) in [5.41, 5.74) is -0.0282. The molecular formula is C16H19FN2O2S. The van der Waals surface area contributed by atoms with Gasteiger partial charge in [0.25, 0.3) is 5.91 Å². The van der Waals surface area contributed by atoms with Gasteiger partial charge in [-0.3, -0.25) is 10.1 Å². The van der Waals surface area contributed by atoms with Gasteiger partial charge in [-0.25, -0.2) is 9.37 Å². The Kier molecular flexibility index (Phi) is 5.26. The number of hydrogen-bond donors (Lipinski definition) is 1. The fourth-order valence-corrected chi connectivity index (χ4v) is 2.81. The lowest BCUT2D eigenvalue weighted by molar-refractivity contribution is -0.136. The van der Waals surface area contributed by atoms with Crippen molar-refractivity contribution in [1.29, 1.82) is 0 Å². The molecule has 0 aliphatic carbocycles. The lowest BCUT2D eigenvalue weighted by Gasteiger charge is -2.22. The minimum atomic E-state index is -0.900. The number of anilines is 1. The number of carbonyl (C=O) groups is 1. The van der Waals surface area contributed by atoms with Crippen LogP contribution in [-0.4, -0.2) is 23.1 Å². The zero-order valence-corrected chi connectivity index (χ0v) is 13.7. The molecule has 1 aromatic carbocycles. The van der Waals surface area contributed by atoms with Crippen LogP contribution in [0.1, 0.15) is 31.2 Å². The Bertz CT molecular complexity index is 655. The van der Waals surface area contributed by atoms with Crippen LogP contribution in [0.5, 0.6) is 0 Å². The predicted octanol–water partition coefficient (Wildman–Crippen LogP) is 3.63. The number of hydrogen-bond acceptors (Lipinski definition) is 4.